The molecule has 1 aromatic heterocycles. The number of thiazole rings is 1. The van der Waals surface area contributed by atoms with Crippen LogP contribution in [0.2, 0.25) is 0 Å². The average Bonchev–Trinajstić information content (AvgIpc) is 3.09. The van der Waals surface area contributed by atoms with E-state index in [4.69, 9.17) is 4.74 Å². The summed E-state index contributed by atoms with van der Waals surface area (Å²) in [7, 11) is 0. The maximum absolute atomic E-state index is 12.1. The van der Waals surface area contributed by atoms with Crippen LogP contribution in [0.5, 0.6) is 0 Å². The summed E-state index contributed by atoms with van der Waals surface area (Å²) in [5.74, 6) is -0.725. The van der Waals surface area contributed by atoms with Gasteiger partial charge in [0.2, 0.25) is 0 Å². The molecule has 0 aliphatic carbocycles. The minimum absolute atomic E-state index is 0.206. The number of para-hydroxylation sites is 2. The summed E-state index contributed by atoms with van der Waals surface area (Å²) in [6.07, 6.45) is 1.54. The van der Waals surface area contributed by atoms with Gasteiger partial charge in [-0.1, -0.05) is 37.3 Å². The number of fused-ring (bicyclic) bond motifs is 1. The molecule has 2 aromatic carbocycles. The Labute approximate surface area is 162 Å². The summed E-state index contributed by atoms with van der Waals surface area (Å²) >= 11 is 1.57. The molecule has 0 bridgehead atoms. The molecule has 1 heterocycles. The number of aromatic nitrogens is 1. The predicted octanol–water partition coefficient (Wildman–Crippen LogP) is 4.28. The van der Waals surface area contributed by atoms with Crippen molar-refractivity contribution in [2.45, 2.75) is 33.1 Å². The van der Waals surface area contributed by atoms with Gasteiger partial charge in [0.1, 0.15) is 0 Å². The van der Waals surface area contributed by atoms with E-state index in [1.807, 2.05) is 56.3 Å². The second-order valence-corrected chi connectivity index (χ2v) is 7.36. The van der Waals surface area contributed by atoms with Gasteiger partial charge in [-0.3, -0.25) is 9.59 Å². The third kappa shape index (κ3) is 4.92. The third-order valence-corrected chi connectivity index (χ3v) is 5.35. The van der Waals surface area contributed by atoms with E-state index in [-0.39, 0.29) is 18.9 Å². The Morgan fingerprint density at radius 3 is 2.74 bits per heavy atom. The highest BCUT2D eigenvalue weighted by Crippen LogP contribution is 2.23. The van der Waals surface area contributed by atoms with E-state index in [9.17, 15) is 9.59 Å². The summed E-state index contributed by atoms with van der Waals surface area (Å²) in [5, 5.41) is 3.74. The normalized spacial score (nSPS) is 10.7. The van der Waals surface area contributed by atoms with Gasteiger partial charge in [-0.15, -0.1) is 11.3 Å². The molecule has 27 heavy (non-hydrogen) atoms. The molecule has 140 valence electrons. The van der Waals surface area contributed by atoms with Crippen LogP contribution in [0.15, 0.2) is 42.5 Å². The molecule has 0 spiro atoms. The first-order valence-electron chi connectivity index (χ1n) is 8.95. The molecular weight excluding hydrogens is 360 g/mol. The number of esters is 1. The van der Waals surface area contributed by atoms with Crippen molar-refractivity contribution in [3.8, 4) is 0 Å². The SMILES string of the molecule is CCc1cccc(C)c1NC(=O)COC(=O)CCc1nc2ccccc2s1. The van der Waals surface area contributed by atoms with Crippen LogP contribution in [0, 0.1) is 6.92 Å². The molecule has 5 nitrogen and oxygen atoms in total. The van der Waals surface area contributed by atoms with Crippen LogP contribution >= 0.6 is 11.3 Å². The van der Waals surface area contributed by atoms with Crippen molar-refractivity contribution in [2.75, 3.05) is 11.9 Å². The Morgan fingerprint density at radius 2 is 1.96 bits per heavy atom. The summed E-state index contributed by atoms with van der Waals surface area (Å²) < 4.78 is 6.21. The molecule has 6 heteroatoms. The van der Waals surface area contributed by atoms with Crippen LogP contribution in [0.25, 0.3) is 10.2 Å². The topological polar surface area (TPSA) is 68.3 Å². The molecule has 0 atom stereocenters. The van der Waals surface area contributed by atoms with E-state index >= 15 is 0 Å². The van der Waals surface area contributed by atoms with Crippen molar-refractivity contribution < 1.29 is 14.3 Å². The molecule has 3 rings (SSSR count). The van der Waals surface area contributed by atoms with E-state index in [1.54, 1.807) is 11.3 Å². The number of carbonyl (C=O) groups is 2. The lowest BCUT2D eigenvalue weighted by atomic mass is 10.1. The second kappa shape index (κ2) is 8.77. The standard InChI is InChI=1S/C21H22N2O3S/c1-3-15-8-6-7-14(2)21(15)23-18(24)13-26-20(25)12-11-19-22-16-9-4-5-10-17(16)27-19/h4-10H,3,11-13H2,1-2H3,(H,23,24). The molecule has 1 amide bonds. The molecule has 0 fully saturated rings. The van der Waals surface area contributed by atoms with Crippen molar-refractivity contribution in [3.05, 3.63) is 58.6 Å². The second-order valence-electron chi connectivity index (χ2n) is 6.25. The molecule has 0 aliphatic heterocycles. The van der Waals surface area contributed by atoms with Gasteiger partial charge in [0, 0.05) is 12.1 Å². The zero-order chi connectivity index (χ0) is 19.2. The van der Waals surface area contributed by atoms with Gasteiger partial charge in [0.05, 0.1) is 21.6 Å². The predicted molar refractivity (Wildman–Crippen MR) is 108 cm³/mol. The molecular formula is C21H22N2O3S. The van der Waals surface area contributed by atoms with Crippen molar-refractivity contribution in [3.63, 3.8) is 0 Å². The lowest BCUT2D eigenvalue weighted by molar-refractivity contribution is -0.147. The molecule has 0 aliphatic rings. The Hall–Kier alpha value is -2.73. The fraction of sp³-hybridized carbons (Fsp3) is 0.286. The number of benzene rings is 2. The van der Waals surface area contributed by atoms with Crippen LogP contribution in [0.3, 0.4) is 0 Å². The van der Waals surface area contributed by atoms with E-state index in [1.165, 1.54) is 0 Å². The highest BCUT2D eigenvalue weighted by atomic mass is 32.1. The van der Waals surface area contributed by atoms with Crippen LogP contribution in [-0.4, -0.2) is 23.5 Å². The van der Waals surface area contributed by atoms with Crippen LogP contribution in [0.1, 0.15) is 29.5 Å². The zero-order valence-corrected chi connectivity index (χ0v) is 16.3. The van der Waals surface area contributed by atoms with Gasteiger partial charge in [0.25, 0.3) is 5.91 Å². The zero-order valence-electron chi connectivity index (χ0n) is 15.5. The van der Waals surface area contributed by atoms with Gasteiger partial charge in [-0.2, -0.15) is 0 Å². The minimum atomic E-state index is -0.398. The summed E-state index contributed by atoms with van der Waals surface area (Å²) in [4.78, 5) is 28.6. The first kappa shape index (κ1) is 19.0. The number of ether oxygens (including phenoxy) is 1. The lowest BCUT2D eigenvalue weighted by Gasteiger charge is -2.13. The highest BCUT2D eigenvalue weighted by Gasteiger charge is 2.12. The van der Waals surface area contributed by atoms with Gasteiger partial charge in [0.15, 0.2) is 6.61 Å². The molecule has 3 aromatic rings. The molecule has 0 saturated carbocycles. The molecule has 0 unspecified atom stereocenters. The fourth-order valence-electron chi connectivity index (χ4n) is 2.83. The Morgan fingerprint density at radius 1 is 1.15 bits per heavy atom. The third-order valence-electron chi connectivity index (χ3n) is 4.25. The first-order valence-corrected chi connectivity index (χ1v) is 9.77. The number of nitrogens with zero attached hydrogens (tertiary/aromatic N) is 1. The summed E-state index contributed by atoms with van der Waals surface area (Å²) in [6.45, 7) is 3.70. The van der Waals surface area contributed by atoms with Crippen molar-refractivity contribution in [1.29, 1.82) is 0 Å². The highest BCUT2D eigenvalue weighted by molar-refractivity contribution is 7.18. The lowest BCUT2D eigenvalue weighted by Crippen LogP contribution is -2.22. The number of hydrogen-bond acceptors (Lipinski definition) is 5. The van der Waals surface area contributed by atoms with E-state index < -0.39 is 5.97 Å². The van der Waals surface area contributed by atoms with Crippen LogP contribution in [-0.2, 0) is 27.2 Å². The number of rotatable bonds is 7. The quantitative estimate of drug-likeness (QED) is 0.619. The Bertz CT molecular complexity index is 932. The van der Waals surface area contributed by atoms with E-state index in [2.05, 4.69) is 10.3 Å². The molecule has 0 radical (unpaired) electrons. The number of nitrogens with one attached hydrogen (secondary N) is 1. The van der Waals surface area contributed by atoms with Gasteiger partial charge >= 0.3 is 5.97 Å². The number of anilines is 1. The number of amides is 1. The van der Waals surface area contributed by atoms with Gasteiger partial charge in [-0.25, -0.2) is 4.98 Å². The smallest absolute Gasteiger partial charge is 0.306 e. The number of hydrogen-bond donors (Lipinski definition) is 1. The monoisotopic (exact) mass is 382 g/mol. The van der Waals surface area contributed by atoms with Crippen molar-refractivity contribution in [1.82, 2.24) is 4.98 Å². The van der Waals surface area contributed by atoms with Crippen LogP contribution < -0.4 is 5.32 Å². The van der Waals surface area contributed by atoms with E-state index in [0.717, 1.165) is 38.5 Å². The number of aryl methyl sites for hydroxylation is 3. The van der Waals surface area contributed by atoms with Gasteiger partial charge in [-0.05, 0) is 36.6 Å². The van der Waals surface area contributed by atoms with Gasteiger partial charge < -0.3 is 10.1 Å². The average molecular weight is 382 g/mol. The fourth-order valence-corrected chi connectivity index (χ4v) is 3.80. The first-order chi connectivity index (χ1) is 13.1. The Kier molecular flexibility index (Phi) is 6.19. The van der Waals surface area contributed by atoms with Crippen molar-refractivity contribution >= 4 is 39.1 Å². The minimum Gasteiger partial charge on any atom is -0.456 e. The molecule has 1 N–H and O–H groups in total. The maximum atomic E-state index is 12.1. The van der Waals surface area contributed by atoms with Crippen molar-refractivity contribution in [2.24, 2.45) is 0 Å². The van der Waals surface area contributed by atoms with E-state index in [0.29, 0.717) is 6.42 Å². The summed E-state index contributed by atoms with van der Waals surface area (Å²) in [6, 6.07) is 13.8. The Balaban J connectivity index is 1.48. The van der Waals surface area contributed by atoms with Crippen LogP contribution in [0.4, 0.5) is 5.69 Å². The summed E-state index contributed by atoms with van der Waals surface area (Å²) in [5.41, 5.74) is 3.79. The maximum Gasteiger partial charge on any atom is 0.306 e. The number of carbonyl (C=O) groups excluding carboxylic acids is 2. The molecule has 0 saturated heterocycles. The largest absolute Gasteiger partial charge is 0.456 e.